The molecule has 0 aromatic rings. The Hall–Kier alpha value is -0.950. The first kappa shape index (κ1) is 45.0. The fourth-order valence-electron chi connectivity index (χ4n) is 5.18. The molecule has 0 aromatic carbocycles. The fourth-order valence-corrected chi connectivity index (χ4v) is 6.30. The van der Waals surface area contributed by atoms with Crippen molar-refractivity contribution in [1.82, 2.24) is 5.32 Å². The Morgan fingerprint density at radius 2 is 1.09 bits per heavy atom. The minimum atomic E-state index is -0.883. The zero-order valence-corrected chi connectivity index (χ0v) is 30.7. The number of carbonyl (C=O) groups excluding carboxylic acids is 2. The number of nitrogens with one attached hydrogen (secondary N) is 1. The molecule has 9 nitrogen and oxygen atoms in total. The first-order valence-electron chi connectivity index (χ1n) is 17.6. The molecule has 0 heterocycles. The van der Waals surface area contributed by atoms with Crippen LogP contribution in [0.1, 0.15) is 148 Å². The van der Waals surface area contributed by atoms with Crippen molar-refractivity contribution < 1.29 is 38.9 Å². The molecule has 1 amide bonds. The van der Waals surface area contributed by atoms with E-state index >= 15 is 0 Å². The van der Waals surface area contributed by atoms with Gasteiger partial charge in [0.25, 0.3) is 0 Å². The first-order chi connectivity index (χ1) is 22.3. The molecular weight excluding hydrogens is 647 g/mol. The van der Waals surface area contributed by atoms with Crippen LogP contribution in [0.25, 0.3) is 0 Å². The van der Waals surface area contributed by atoms with Crippen LogP contribution >= 0.6 is 35.1 Å². The van der Waals surface area contributed by atoms with Gasteiger partial charge in [-0.2, -0.15) is 12.6 Å². The number of rotatable bonds is 36. The zero-order valence-electron chi connectivity index (χ0n) is 28.1. The molecule has 0 saturated heterocycles. The summed E-state index contributed by atoms with van der Waals surface area (Å²) in [6, 6.07) is 0. The molecule has 0 aliphatic heterocycles. The van der Waals surface area contributed by atoms with Gasteiger partial charge in [-0.25, -0.2) is 0 Å². The highest BCUT2D eigenvalue weighted by Gasteiger charge is 2.24. The van der Waals surface area contributed by atoms with Crippen LogP contribution in [0, 0.1) is 5.92 Å². The average molecular weight is 710 g/mol. The van der Waals surface area contributed by atoms with Gasteiger partial charge in [-0.3, -0.25) is 19.2 Å². The number of ether oxygens (including phenoxy) is 2. The summed E-state index contributed by atoms with van der Waals surface area (Å²) in [7, 11) is 1.12. The van der Waals surface area contributed by atoms with Crippen LogP contribution in [0.2, 0.25) is 0 Å². The standard InChI is InChI=1S/C34H63NO8S3/c36-29(20-15-13-11-9-7-5-3-1-2-4-6-8-10-12-14-16-23-32(38)39)21-19-25-42-26-27-43-28-31(37)35-24-18-17-22-30(33(40)41)34(44)46-45/h30,34,44-45H,1-28H2,(H,35,37)(H,38,39)(H,40,41)/t30-,34?/m0/s1. The number of carboxylic acids is 2. The predicted molar refractivity (Wildman–Crippen MR) is 194 cm³/mol. The van der Waals surface area contributed by atoms with Crippen molar-refractivity contribution in [2.45, 2.75) is 152 Å². The lowest BCUT2D eigenvalue weighted by atomic mass is 10.0. The van der Waals surface area contributed by atoms with Crippen molar-refractivity contribution >= 4 is 58.7 Å². The molecule has 2 atom stereocenters. The first-order valence-corrected chi connectivity index (χ1v) is 20.1. The minimum absolute atomic E-state index is 0.0452. The second kappa shape index (κ2) is 33.9. The summed E-state index contributed by atoms with van der Waals surface area (Å²) in [6.45, 7) is 1.62. The lowest BCUT2D eigenvalue weighted by molar-refractivity contribution is -0.141. The van der Waals surface area contributed by atoms with Gasteiger partial charge >= 0.3 is 11.9 Å². The summed E-state index contributed by atoms with van der Waals surface area (Å²) in [5.41, 5.74) is 0. The Morgan fingerprint density at radius 1 is 0.609 bits per heavy atom. The monoisotopic (exact) mass is 709 g/mol. The maximum Gasteiger partial charge on any atom is 0.308 e. The minimum Gasteiger partial charge on any atom is -0.481 e. The number of hydrogen-bond acceptors (Lipinski definition) is 9. The fraction of sp³-hybridized carbons (Fsp3) is 0.882. The molecule has 46 heavy (non-hydrogen) atoms. The normalized spacial score (nSPS) is 12.6. The molecule has 12 heteroatoms. The molecule has 0 saturated carbocycles. The SMILES string of the molecule is O=C(O)CCCCCCCCCCCCCCCCCCC(=O)CCCOCCOCC(=O)NCCCC[C@@H](C(=O)O)C(S)SS. The van der Waals surface area contributed by atoms with Crippen molar-refractivity contribution in [2.24, 2.45) is 5.92 Å². The van der Waals surface area contributed by atoms with Crippen molar-refractivity contribution in [3.05, 3.63) is 0 Å². The van der Waals surface area contributed by atoms with E-state index in [2.05, 4.69) is 29.6 Å². The van der Waals surface area contributed by atoms with E-state index in [-0.39, 0.29) is 17.1 Å². The Kier molecular flexibility index (Phi) is 33.2. The summed E-state index contributed by atoms with van der Waals surface area (Å²) < 4.78 is 10.5. The summed E-state index contributed by atoms with van der Waals surface area (Å²) in [5, 5.41) is 20.6. The number of ketones is 1. The van der Waals surface area contributed by atoms with Gasteiger partial charge in [0.2, 0.25) is 5.91 Å². The van der Waals surface area contributed by atoms with Crippen LogP contribution in [0.15, 0.2) is 0 Å². The van der Waals surface area contributed by atoms with E-state index in [9.17, 15) is 24.3 Å². The van der Waals surface area contributed by atoms with E-state index in [1.165, 1.54) is 70.6 Å². The van der Waals surface area contributed by atoms with E-state index in [1.807, 2.05) is 0 Å². The molecule has 0 aliphatic rings. The van der Waals surface area contributed by atoms with Gasteiger partial charge < -0.3 is 25.0 Å². The molecule has 0 fully saturated rings. The lowest BCUT2D eigenvalue weighted by Crippen LogP contribution is -2.29. The second-order valence-electron chi connectivity index (χ2n) is 12.1. The van der Waals surface area contributed by atoms with Crippen molar-refractivity contribution in [3.63, 3.8) is 0 Å². The molecule has 0 rings (SSSR count). The number of carbonyl (C=O) groups is 4. The van der Waals surface area contributed by atoms with E-state index in [0.29, 0.717) is 77.1 Å². The highest BCUT2D eigenvalue weighted by atomic mass is 33.1. The maximum atomic E-state index is 12.1. The molecule has 3 N–H and O–H groups in total. The van der Waals surface area contributed by atoms with Gasteiger partial charge in [-0.1, -0.05) is 107 Å². The van der Waals surface area contributed by atoms with Crippen LogP contribution in [0.4, 0.5) is 0 Å². The molecule has 0 aromatic heterocycles. The average Bonchev–Trinajstić information content (AvgIpc) is 3.02. The third kappa shape index (κ3) is 31.6. The van der Waals surface area contributed by atoms with Gasteiger partial charge in [0, 0.05) is 32.4 Å². The zero-order chi connectivity index (χ0) is 34.1. The largest absolute Gasteiger partial charge is 0.481 e. The van der Waals surface area contributed by atoms with Crippen LogP contribution in [0.3, 0.4) is 0 Å². The van der Waals surface area contributed by atoms with Crippen molar-refractivity contribution in [2.75, 3.05) is 33.0 Å². The van der Waals surface area contributed by atoms with Gasteiger partial charge in [-0.15, -0.1) is 11.7 Å². The Labute approximate surface area is 293 Å². The number of hydrogen-bond donors (Lipinski definition) is 5. The van der Waals surface area contributed by atoms with Crippen molar-refractivity contribution in [1.29, 1.82) is 0 Å². The highest BCUT2D eigenvalue weighted by Crippen LogP contribution is 2.29. The predicted octanol–water partition coefficient (Wildman–Crippen LogP) is 8.30. The third-order valence-electron chi connectivity index (χ3n) is 7.98. The van der Waals surface area contributed by atoms with Gasteiger partial charge in [0.15, 0.2) is 0 Å². The van der Waals surface area contributed by atoms with Crippen LogP contribution in [-0.4, -0.2) is 71.4 Å². The number of carboxylic acid groups (broad SMARTS) is 2. The number of Topliss-reactive ketones (excluding diaryl/α,β-unsaturated/α-hetero) is 1. The van der Waals surface area contributed by atoms with Gasteiger partial charge in [0.05, 0.1) is 23.7 Å². The second-order valence-corrected chi connectivity index (χ2v) is 14.4. The lowest BCUT2D eigenvalue weighted by Gasteiger charge is -2.16. The molecule has 0 aliphatic carbocycles. The van der Waals surface area contributed by atoms with E-state index in [1.54, 1.807) is 0 Å². The number of amides is 1. The molecule has 0 radical (unpaired) electrons. The maximum absolute atomic E-state index is 12.1. The Morgan fingerprint density at radius 3 is 1.59 bits per heavy atom. The number of aliphatic carboxylic acids is 2. The Balaban J connectivity index is 3.36. The summed E-state index contributed by atoms with van der Waals surface area (Å²) in [5.74, 6) is -2.04. The third-order valence-corrected chi connectivity index (χ3v) is 10.4. The summed E-state index contributed by atoms with van der Waals surface area (Å²) in [4.78, 5) is 45.7. The van der Waals surface area contributed by atoms with E-state index in [4.69, 9.17) is 14.6 Å². The quantitative estimate of drug-likeness (QED) is 0.0188. The van der Waals surface area contributed by atoms with Crippen LogP contribution in [0.5, 0.6) is 0 Å². The number of unbranched alkanes of at least 4 members (excludes halogenated alkanes) is 16. The molecule has 270 valence electrons. The molecule has 1 unspecified atom stereocenters. The van der Waals surface area contributed by atoms with Crippen LogP contribution in [-0.2, 0) is 28.7 Å². The smallest absolute Gasteiger partial charge is 0.308 e. The number of thiol groups is 2. The molecule has 0 bridgehead atoms. The highest BCUT2D eigenvalue weighted by molar-refractivity contribution is 8.70. The van der Waals surface area contributed by atoms with Gasteiger partial charge in [0.1, 0.15) is 12.4 Å². The molecule has 0 spiro atoms. The van der Waals surface area contributed by atoms with E-state index < -0.39 is 17.9 Å². The van der Waals surface area contributed by atoms with E-state index in [0.717, 1.165) is 42.9 Å². The summed E-state index contributed by atoms with van der Waals surface area (Å²) >= 11 is 8.27. The summed E-state index contributed by atoms with van der Waals surface area (Å²) in [6.07, 6.45) is 23.4. The Bertz CT molecular complexity index is 775. The molecular formula is C34H63NO8S3. The van der Waals surface area contributed by atoms with Crippen LogP contribution < -0.4 is 5.32 Å². The topological polar surface area (TPSA) is 139 Å². The van der Waals surface area contributed by atoms with Gasteiger partial charge in [-0.05, 0) is 32.1 Å². The van der Waals surface area contributed by atoms with Crippen molar-refractivity contribution in [3.8, 4) is 0 Å².